The van der Waals surface area contributed by atoms with Crippen LogP contribution in [0.3, 0.4) is 0 Å². The molecule has 3 aromatic rings. The van der Waals surface area contributed by atoms with Gasteiger partial charge in [-0.25, -0.2) is 18.5 Å². The number of aryl methyl sites for hydroxylation is 3. The molecule has 0 aliphatic rings. The number of benzene rings is 2. The molecular weight excluding hydrogens is 442 g/mol. The number of esters is 1. The van der Waals surface area contributed by atoms with Gasteiger partial charge in [0.1, 0.15) is 12.4 Å². The van der Waals surface area contributed by atoms with Crippen LogP contribution in [0.4, 0.5) is 0 Å². The van der Waals surface area contributed by atoms with E-state index in [0.717, 1.165) is 29.5 Å². The van der Waals surface area contributed by atoms with Gasteiger partial charge in [-0.15, -0.1) is 0 Å². The summed E-state index contributed by atoms with van der Waals surface area (Å²) in [6, 6.07) is 10.2. The number of ether oxygens (including phenoxy) is 1. The van der Waals surface area contributed by atoms with Crippen LogP contribution in [0.25, 0.3) is 11.0 Å². The molecule has 8 nitrogen and oxygen atoms in total. The Morgan fingerprint density at radius 1 is 1.09 bits per heavy atom. The first kappa shape index (κ1) is 24.6. The molecule has 0 aliphatic carbocycles. The lowest BCUT2D eigenvalue weighted by Crippen LogP contribution is -2.12. The number of nitrogens with two attached hydrogens (primary N) is 1. The van der Waals surface area contributed by atoms with Gasteiger partial charge in [-0.3, -0.25) is 9.59 Å². The van der Waals surface area contributed by atoms with Crippen LogP contribution in [-0.4, -0.2) is 29.7 Å². The molecular formula is C24H29N3O5S. The van der Waals surface area contributed by atoms with Crippen LogP contribution < -0.4 is 5.14 Å². The smallest absolute Gasteiger partial charge is 0.306 e. The van der Waals surface area contributed by atoms with Gasteiger partial charge in [0.05, 0.1) is 22.3 Å². The van der Waals surface area contributed by atoms with Gasteiger partial charge in [0.2, 0.25) is 10.0 Å². The minimum atomic E-state index is -3.85. The van der Waals surface area contributed by atoms with Gasteiger partial charge in [0.25, 0.3) is 0 Å². The van der Waals surface area contributed by atoms with E-state index in [1.807, 2.05) is 36.6 Å². The third-order valence-corrected chi connectivity index (χ3v) is 6.39. The molecule has 0 bridgehead atoms. The molecule has 1 heterocycles. The van der Waals surface area contributed by atoms with Gasteiger partial charge in [0.15, 0.2) is 5.78 Å². The molecule has 176 valence electrons. The Hall–Kier alpha value is -3.04. The Morgan fingerprint density at radius 3 is 2.55 bits per heavy atom. The molecule has 0 atom stereocenters. The summed E-state index contributed by atoms with van der Waals surface area (Å²) >= 11 is 0. The number of hydrogen-bond acceptors (Lipinski definition) is 6. The summed E-state index contributed by atoms with van der Waals surface area (Å²) in [7, 11) is -3.85. The number of sulfonamides is 1. The molecule has 9 heteroatoms. The Balaban J connectivity index is 1.70. The van der Waals surface area contributed by atoms with Crippen molar-refractivity contribution in [2.45, 2.75) is 64.5 Å². The van der Waals surface area contributed by atoms with Crippen molar-refractivity contribution in [3.63, 3.8) is 0 Å². The summed E-state index contributed by atoms with van der Waals surface area (Å²) in [5, 5.41) is 5.23. The second kappa shape index (κ2) is 10.3. The van der Waals surface area contributed by atoms with Crippen LogP contribution in [0.5, 0.6) is 0 Å². The van der Waals surface area contributed by atoms with Crippen molar-refractivity contribution in [2.24, 2.45) is 5.14 Å². The lowest BCUT2D eigenvalue weighted by Gasteiger charge is -2.10. The fourth-order valence-electron chi connectivity index (χ4n) is 3.62. The third-order valence-electron chi connectivity index (χ3n) is 5.47. The van der Waals surface area contributed by atoms with Crippen LogP contribution in [0.1, 0.15) is 59.9 Å². The number of primary sulfonamides is 1. The summed E-state index contributed by atoms with van der Waals surface area (Å²) in [6.45, 7) is 6.43. The summed E-state index contributed by atoms with van der Waals surface area (Å²) in [4.78, 5) is 29.3. The predicted octanol–water partition coefficient (Wildman–Crippen LogP) is 3.81. The number of unbranched alkanes of at least 4 members (excludes halogenated alkanes) is 1. The molecule has 0 saturated heterocycles. The molecule has 0 spiro atoms. The third kappa shape index (κ3) is 6.06. The molecule has 3 rings (SSSR count). The Morgan fingerprint density at radius 2 is 1.85 bits per heavy atom. The molecule has 33 heavy (non-hydrogen) atoms. The van der Waals surface area contributed by atoms with Crippen molar-refractivity contribution >= 4 is 32.8 Å². The van der Waals surface area contributed by atoms with Crippen LogP contribution in [0.15, 0.2) is 41.3 Å². The fraction of sp³-hybridized carbons (Fsp3) is 0.375. The fourth-order valence-corrected chi connectivity index (χ4v) is 4.15. The maximum atomic E-state index is 12.5. The standard InChI is InChI=1S/C24H29N3O5S/c1-4-5-12-27-21-9-8-18(33(25,30)31)14-20(21)26-23(27)15-32-24(29)11-10-22(28)19-13-16(2)6-7-17(19)3/h6-9,13-14H,4-5,10-12,15H2,1-3H3,(H2,25,30,31). The molecule has 0 amide bonds. The van der Waals surface area contributed by atoms with E-state index in [4.69, 9.17) is 9.88 Å². The normalized spacial score (nSPS) is 11.6. The van der Waals surface area contributed by atoms with Crippen molar-refractivity contribution in [2.75, 3.05) is 0 Å². The minimum absolute atomic E-state index is 0.0244. The SMILES string of the molecule is CCCCn1c(COC(=O)CCC(=O)c2cc(C)ccc2C)nc2cc(S(N)(=O)=O)ccc21. The number of carbonyl (C=O) groups excluding carboxylic acids is 2. The second-order valence-corrected chi connectivity index (χ2v) is 9.69. The molecule has 0 aliphatic heterocycles. The second-order valence-electron chi connectivity index (χ2n) is 8.13. The number of nitrogens with zero attached hydrogens (tertiary/aromatic N) is 2. The number of rotatable bonds is 10. The number of hydrogen-bond donors (Lipinski definition) is 1. The first-order valence-corrected chi connectivity index (χ1v) is 12.4. The van der Waals surface area contributed by atoms with Gasteiger partial charge in [-0.2, -0.15) is 0 Å². The van der Waals surface area contributed by atoms with Gasteiger partial charge in [-0.05, 0) is 50.1 Å². The van der Waals surface area contributed by atoms with E-state index in [2.05, 4.69) is 11.9 Å². The maximum absolute atomic E-state index is 12.5. The highest BCUT2D eigenvalue weighted by molar-refractivity contribution is 7.89. The first-order valence-electron chi connectivity index (χ1n) is 10.9. The van der Waals surface area contributed by atoms with Crippen molar-refractivity contribution in [3.05, 3.63) is 58.9 Å². The minimum Gasteiger partial charge on any atom is -0.457 e. The molecule has 0 fully saturated rings. The van der Waals surface area contributed by atoms with E-state index < -0.39 is 16.0 Å². The summed E-state index contributed by atoms with van der Waals surface area (Å²) in [6.07, 6.45) is 1.87. The van der Waals surface area contributed by atoms with Crippen molar-refractivity contribution in [3.8, 4) is 0 Å². The highest BCUT2D eigenvalue weighted by atomic mass is 32.2. The summed E-state index contributed by atoms with van der Waals surface area (Å²) in [5.74, 6) is -0.0777. The summed E-state index contributed by atoms with van der Waals surface area (Å²) in [5.41, 5.74) is 3.70. The van der Waals surface area contributed by atoms with Crippen LogP contribution >= 0.6 is 0 Å². The van der Waals surface area contributed by atoms with Crippen LogP contribution in [0.2, 0.25) is 0 Å². The predicted molar refractivity (Wildman–Crippen MR) is 125 cm³/mol. The van der Waals surface area contributed by atoms with Gasteiger partial charge < -0.3 is 9.30 Å². The van der Waals surface area contributed by atoms with Crippen LogP contribution in [-0.2, 0) is 32.7 Å². The highest BCUT2D eigenvalue weighted by Gasteiger charge is 2.17. The van der Waals surface area contributed by atoms with E-state index in [0.29, 0.717) is 23.4 Å². The van der Waals surface area contributed by atoms with E-state index in [1.165, 1.54) is 12.1 Å². The molecule has 2 aromatic carbocycles. The molecule has 1 aromatic heterocycles. The molecule has 2 N–H and O–H groups in total. The Bertz CT molecular complexity index is 1290. The average molecular weight is 472 g/mol. The van der Waals surface area contributed by atoms with E-state index in [1.54, 1.807) is 6.07 Å². The zero-order valence-corrected chi connectivity index (χ0v) is 19.9. The largest absolute Gasteiger partial charge is 0.457 e. The zero-order valence-electron chi connectivity index (χ0n) is 19.1. The first-order chi connectivity index (χ1) is 15.6. The zero-order chi connectivity index (χ0) is 24.2. The van der Waals surface area contributed by atoms with Gasteiger partial charge in [0, 0.05) is 18.5 Å². The topological polar surface area (TPSA) is 121 Å². The van der Waals surface area contributed by atoms with Gasteiger partial charge >= 0.3 is 5.97 Å². The van der Waals surface area contributed by atoms with Crippen molar-refractivity contribution in [1.82, 2.24) is 9.55 Å². The average Bonchev–Trinajstić information content (AvgIpc) is 3.12. The van der Waals surface area contributed by atoms with Gasteiger partial charge in [-0.1, -0.05) is 31.0 Å². The van der Waals surface area contributed by atoms with Crippen LogP contribution in [0, 0.1) is 13.8 Å². The summed E-state index contributed by atoms with van der Waals surface area (Å²) < 4.78 is 30.7. The lowest BCUT2D eigenvalue weighted by atomic mass is 9.99. The lowest BCUT2D eigenvalue weighted by molar-refractivity contribution is -0.145. The van der Waals surface area contributed by atoms with Crippen molar-refractivity contribution < 1.29 is 22.7 Å². The number of Topliss-reactive ketones (excluding diaryl/α,β-unsaturated/α-hetero) is 1. The van der Waals surface area contributed by atoms with Crippen molar-refractivity contribution in [1.29, 1.82) is 0 Å². The molecule has 0 radical (unpaired) electrons. The highest BCUT2D eigenvalue weighted by Crippen LogP contribution is 2.22. The maximum Gasteiger partial charge on any atom is 0.306 e. The Labute approximate surface area is 193 Å². The monoisotopic (exact) mass is 471 g/mol. The quantitative estimate of drug-likeness (QED) is 0.354. The number of ketones is 1. The Kier molecular flexibility index (Phi) is 7.65. The number of aromatic nitrogens is 2. The van der Waals surface area contributed by atoms with E-state index >= 15 is 0 Å². The molecule has 0 saturated carbocycles. The molecule has 0 unspecified atom stereocenters. The number of imidazole rings is 1. The van der Waals surface area contributed by atoms with E-state index in [-0.39, 0.29) is 30.1 Å². The number of carbonyl (C=O) groups is 2. The number of fused-ring (bicyclic) bond motifs is 1. The van der Waals surface area contributed by atoms with E-state index in [9.17, 15) is 18.0 Å².